The predicted molar refractivity (Wildman–Crippen MR) is 118 cm³/mol. The van der Waals surface area contributed by atoms with E-state index in [1.807, 2.05) is 37.3 Å². The molecule has 0 saturated heterocycles. The number of hydrogen-bond acceptors (Lipinski definition) is 4. The highest BCUT2D eigenvalue weighted by atomic mass is 16.5. The first kappa shape index (κ1) is 20.1. The fourth-order valence-corrected chi connectivity index (χ4v) is 3.79. The molecule has 5 heteroatoms. The van der Waals surface area contributed by atoms with Crippen molar-refractivity contribution in [2.75, 3.05) is 6.54 Å². The van der Waals surface area contributed by atoms with Crippen molar-refractivity contribution >= 4 is 5.97 Å². The first-order chi connectivity index (χ1) is 14.5. The van der Waals surface area contributed by atoms with E-state index < -0.39 is 0 Å². The predicted octanol–water partition coefficient (Wildman–Crippen LogP) is 4.73. The summed E-state index contributed by atoms with van der Waals surface area (Å²) in [7, 11) is 2.10. The fraction of sp³-hybridized carbons (Fsp3) is 0.280. The van der Waals surface area contributed by atoms with Gasteiger partial charge in [0.05, 0.1) is 17.0 Å². The van der Waals surface area contributed by atoms with E-state index in [1.54, 1.807) is 13.0 Å². The molecule has 5 nitrogen and oxygen atoms in total. The van der Waals surface area contributed by atoms with Gasteiger partial charge in [-0.15, -0.1) is 0 Å². The number of ether oxygens (including phenoxy) is 1. The van der Waals surface area contributed by atoms with Gasteiger partial charge in [0.15, 0.2) is 0 Å². The maximum Gasteiger partial charge on any atom is 0.343 e. The molecular weight excluding hydrogens is 374 g/mol. The van der Waals surface area contributed by atoms with E-state index in [2.05, 4.69) is 40.8 Å². The number of esters is 1. The molecule has 0 aliphatic carbocycles. The Hall–Kier alpha value is -3.18. The van der Waals surface area contributed by atoms with Crippen LogP contribution in [-0.4, -0.2) is 27.0 Å². The van der Waals surface area contributed by atoms with Gasteiger partial charge in [0, 0.05) is 38.7 Å². The molecular formula is C25H27N3O2. The number of allylic oxidation sites excluding steroid dienone is 2. The Bertz CT molecular complexity index is 1070. The van der Waals surface area contributed by atoms with Gasteiger partial charge in [-0.3, -0.25) is 4.90 Å². The van der Waals surface area contributed by atoms with Gasteiger partial charge in [0.2, 0.25) is 0 Å². The lowest BCUT2D eigenvalue weighted by atomic mass is 10.1. The number of benzene rings is 2. The van der Waals surface area contributed by atoms with Gasteiger partial charge in [-0.25, -0.2) is 9.78 Å². The highest BCUT2D eigenvalue weighted by Gasteiger charge is 2.23. The summed E-state index contributed by atoms with van der Waals surface area (Å²) in [6.45, 7) is 6.31. The molecule has 4 rings (SSSR count). The largest absolute Gasteiger partial charge is 0.428 e. The molecule has 0 N–H and O–H groups in total. The Kier molecular flexibility index (Phi) is 5.81. The molecule has 0 fully saturated rings. The van der Waals surface area contributed by atoms with Gasteiger partial charge in [0.1, 0.15) is 11.6 Å². The van der Waals surface area contributed by atoms with Crippen molar-refractivity contribution in [3.63, 3.8) is 0 Å². The van der Waals surface area contributed by atoms with E-state index in [1.165, 1.54) is 17.0 Å². The Morgan fingerprint density at radius 2 is 1.87 bits per heavy atom. The molecule has 0 saturated carbocycles. The Balaban J connectivity index is 1.44. The Morgan fingerprint density at radius 1 is 1.13 bits per heavy atom. The van der Waals surface area contributed by atoms with Crippen LogP contribution in [0.15, 0.2) is 66.4 Å². The third-order valence-electron chi connectivity index (χ3n) is 5.62. The summed E-state index contributed by atoms with van der Waals surface area (Å²) in [6.07, 6.45) is 2.72. The summed E-state index contributed by atoms with van der Waals surface area (Å²) in [4.78, 5) is 19.5. The number of imidazole rings is 1. The van der Waals surface area contributed by atoms with Crippen LogP contribution in [0.4, 0.5) is 0 Å². The quantitative estimate of drug-likeness (QED) is 0.458. The van der Waals surface area contributed by atoms with Gasteiger partial charge in [-0.2, -0.15) is 0 Å². The molecule has 1 aromatic heterocycles. The molecule has 0 bridgehead atoms. The molecule has 0 radical (unpaired) electrons. The van der Waals surface area contributed by atoms with Crippen LogP contribution < -0.4 is 0 Å². The van der Waals surface area contributed by atoms with E-state index in [0.29, 0.717) is 11.3 Å². The first-order valence-electron chi connectivity index (χ1n) is 10.3. The summed E-state index contributed by atoms with van der Waals surface area (Å²) < 4.78 is 7.49. The Labute approximate surface area is 177 Å². The van der Waals surface area contributed by atoms with Crippen LogP contribution in [-0.2, 0) is 31.3 Å². The number of carbonyl (C=O) groups is 1. The minimum absolute atomic E-state index is 0.317. The minimum Gasteiger partial charge on any atom is -0.428 e. The monoisotopic (exact) mass is 401 g/mol. The minimum atomic E-state index is -0.317. The fourth-order valence-electron chi connectivity index (χ4n) is 3.79. The number of aromatic nitrogens is 2. The van der Waals surface area contributed by atoms with Crippen LogP contribution in [0.25, 0.3) is 11.4 Å². The van der Waals surface area contributed by atoms with Gasteiger partial charge < -0.3 is 9.30 Å². The zero-order valence-electron chi connectivity index (χ0n) is 17.8. The average molecular weight is 402 g/mol. The summed E-state index contributed by atoms with van der Waals surface area (Å²) in [6, 6.07) is 18.0. The second-order valence-electron chi connectivity index (χ2n) is 7.70. The van der Waals surface area contributed by atoms with Crippen molar-refractivity contribution in [2.45, 2.75) is 33.4 Å². The first-order valence-corrected chi connectivity index (χ1v) is 10.3. The van der Waals surface area contributed by atoms with Gasteiger partial charge in [-0.05, 0) is 37.6 Å². The molecule has 30 heavy (non-hydrogen) atoms. The average Bonchev–Trinajstić information content (AvgIpc) is 3.11. The Morgan fingerprint density at radius 3 is 2.57 bits per heavy atom. The smallest absolute Gasteiger partial charge is 0.343 e. The van der Waals surface area contributed by atoms with E-state index in [9.17, 15) is 4.79 Å². The maximum atomic E-state index is 12.1. The van der Waals surface area contributed by atoms with Crippen LogP contribution in [0.5, 0.6) is 0 Å². The van der Waals surface area contributed by atoms with Gasteiger partial charge >= 0.3 is 5.97 Å². The second-order valence-corrected chi connectivity index (χ2v) is 7.70. The van der Waals surface area contributed by atoms with Gasteiger partial charge in [-0.1, -0.05) is 42.5 Å². The molecule has 2 aromatic carbocycles. The molecule has 154 valence electrons. The van der Waals surface area contributed by atoms with E-state index in [0.717, 1.165) is 37.4 Å². The lowest BCUT2D eigenvalue weighted by Gasteiger charge is -2.27. The standard InChI is InChI=1S/C25H27N3O2/c1-4-18(2)30-25(29)21-12-10-19(11-13-21)16-28-15-14-22-23(17-28)27(3)24(26-22)20-8-6-5-7-9-20/h4-13H,14-17H2,1-3H3/b18-4+. The topological polar surface area (TPSA) is 47.4 Å². The molecule has 0 spiro atoms. The van der Waals surface area contributed by atoms with Crippen molar-refractivity contribution < 1.29 is 9.53 Å². The third-order valence-corrected chi connectivity index (χ3v) is 5.62. The van der Waals surface area contributed by atoms with E-state index in [-0.39, 0.29) is 5.97 Å². The molecule has 0 atom stereocenters. The summed E-state index contributed by atoms with van der Waals surface area (Å²) in [5.41, 5.74) is 5.38. The number of nitrogens with zero attached hydrogens (tertiary/aromatic N) is 3. The van der Waals surface area contributed by atoms with Crippen LogP contribution in [0.3, 0.4) is 0 Å². The summed E-state index contributed by atoms with van der Waals surface area (Å²) in [5, 5.41) is 0. The number of rotatable bonds is 5. The summed E-state index contributed by atoms with van der Waals surface area (Å²) in [5.74, 6) is 1.32. The number of hydrogen-bond donors (Lipinski definition) is 0. The van der Waals surface area contributed by atoms with Crippen molar-refractivity contribution in [1.29, 1.82) is 0 Å². The SMILES string of the molecule is C/C=C(\C)OC(=O)c1ccc(CN2CCc3nc(-c4ccccc4)n(C)c3C2)cc1. The molecule has 1 aliphatic heterocycles. The van der Waals surface area contributed by atoms with Gasteiger partial charge in [0.25, 0.3) is 0 Å². The zero-order chi connectivity index (χ0) is 21.1. The van der Waals surface area contributed by atoms with Crippen LogP contribution in [0.2, 0.25) is 0 Å². The van der Waals surface area contributed by atoms with Crippen LogP contribution >= 0.6 is 0 Å². The maximum absolute atomic E-state index is 12.1. The highest BCUT2D eigenvalue weighted by Crippen LogP contribution is 2.26. The van der Waals surface area contributed by atoms with E-state index >= 15 is 0 Å². The lowest BCUT2D eigenvalue weighted by molar-refractivity contribution is 0.0625. The lowest BCUT2D eigenvalue weighted by Crippen LogP contribution is -2.31. The molecule has 0 unspecified atom stereocenters. The summed E-state index contributed by atoms with van der Waals surface area (Å²) >= 11 is 0. The third kappa shape index (κ3) is 4.21. The van der Waals surface area contributed by atoms with Crippen molar-refractivity contribution in [1.82, 2.24) is 14.5 Å². The highest BCUT2D eigenvalue weighted by molar-refractivity contribution is 5.90. The second kappa shape index (κ2) is 8.67. The zero-order valence-corrected chi connectivity index (χ0v) is 17.8. The number of carbonyl (C=O) groups excluding carboxylic acids is 1. The van der Waals surface area contributed by atoms with Crippen molar-refractivity contribution in [3.05, 3.63) is 88.9 Å². The normalized spacial score (nSPS) is 14.4. The molecule has 2 heterocycles. The number of fused-ring (bicyclic) bond motifs is 1. The van der Waals surface area contributed by atoms with Crippen molar-refractivity contribution in [3.8, 4) is 11.4 Å². The van der Waals surface area contributed by atoms with Crippen LogP contribution in [0.1, 0.15) is 41.2 Å². The molecule has 3 aromatic rings. The van der Waals surface area contributed by atoms with Crippen molar-refractivity contribution in [2.24, 2.45) is 7.05 Å². The van der Waals surface area contributed by atoms with Crippen LogP contribution in [0, 0.1) is 0 Å². The molecule has 1 aliphatic rings. The van der Waals surface area contributed by atoms with E-state index in [4.69, 9.17) is 9.72 Å². The molecule has 0 amide bonds.